The van der Waals surface area contributed by atoms with Gasteiger partial charge in [0.25, 0.3) is 0 Å². The molecule has 0 spiro atoms. The van der Waals surface area contributed by atoms with Gasteiger partial charge in [-0.2, -0.15) is 0 Å². The van der Waals surface area contributed by atoms with Crippen molar-refractivity contribution in [3.05, 3.63) is 57.6 Å². The molecule has 0 aromatic heterocycles. The number of fused-ring (bicyclic) bond motifs is 1. The first-order valence-electron chi connectivity index (χ1n) is 11.1. The van der Waals surface area contributed by atoms with E-state index in [4.69, 9.17) is 0 Å². The molecule has 1 N–H and O–H groups in total. The van der Waals surface area contributed by atoms with E-state index in [2.05, 4.69) is 76.2 Å². The lowest BCUT2D eigenvalue weighted by molar-refractivity contribution is 0.167. The summed E-state index contributed by atoms with van der Waals surface area (Å²) >= 11 is 0. The second kappa shape index (κ2) is 9.24. The lowest BCUT2D eigenvalue weighted by Gasteiger charge is -2.34. The number of unbranched alkanes of at least 4 members (excludes halogenated alkanes) is 2. The number of nitrogens with zero attached hydrogens (tertiary/aromatic N) is 1. The largest absolute Gasteiger partial charge is 0.255 e. The van der Waals surface area contributed by atoms with Crippen LogP contribution < -0.4 is 5.43 Å². The molecule has 0 atom stereocenters. The van der Waals surface area contributed by atoms with Gasteiger partial charge in [0.2, 0.25) is 0 Å². The maximum absolute atomic E-state index is 3.68. The van der Waals surface area contributed by atoms with Gasteiger partial charge in [0.15, 0.2) is 0 Å². The van der Waals surface area contributed by atoms with Gasteiger partial charge in [-0.3, -0.25) is 5.43 Å². The SMILES string of the molecule is CCCCCNN1CCc2c(C)c(-c3ccc(C)cc3)c(C(C)C)c(C)c2C1. The van der Waals surface area contributed by atoms with Gasteiger partial charge >= 0.3 is 0 Å². The quantitative estimate of drug-likeness (QED) is 0.557. The van der Waals surface area contributed by atoms with Crippen LogP contribution in [0, 0.1) is 20.8 Å². The average molecular weight is 379 g/mol. The van der Waals surface area contributed by atoms with Crippen molar-refractivity contribution >= 4 is 0 Å². The Balaban J connectivity index is 1.98. The van der Waals surface area contributed by atoms with Gasteiger partial charge < -0.3 is 0 Å². The molecule has 1 aliphatic heterocycles. The van der Waals surface area contributed by atoms with Crippen LogP contribution in [0.15, 0.2) is 24.3 Å². The van der Waals surface area contributed by atoms with E-state index in [1.807, 2.05) is 0 Å². The number of hydrogen-bond acceptors (Lipinski definition) is 2. The molecule has 2 heteroatoms. The fourth-order valence-electron chi connectivity index (χ4n) is 4.79. The molecule has 2 nitrogen and oxygen atoms in total. The molecule has 0 radical (unpaired) electrons. The second-order valence-corrected chi connectivity index (χ2v) is 8.80. The van der Waals surface area contributed by atoms with Gasteiger partial charge in [-0.15, -0.1) is 0 Å². The summed E-state index contributed by atoms with van der Waals surface area (Å²) < 4.78 is 0. The van der Waals surface area contributed by atoms with Crippen molar-refractivity contribution in [3.63, 3.8) is 0 Å². The molecule has 0 unspecified atom stereocenters. The monoisotopic (exact) mass is 378 g/mol. The third kappa shape index (κ3) is 4.34. The van der Waals surface area contributed by atoms with Crippen molar-refractivity contribution in [2.75, 3.05) is 13.1 Å². The molecular formula is C26H38N2. The standard InChI is InChI=1S/C26H38N2/c1-7-8-9-15-27-28-16-14-23-20(5)26(22-12-10-19(4)11-13-22)25(18(2)3)21(6)24(23)17-28/h10-13,18,27H,7-9,14-17H2,1-6H3. The van der Waals surface area contributed by atoms with Crippen molar-refractivity contribution in [1.29, 1.82) is 0 Å². The number of aryl methyl sites for hydroxylation is 1. The van der Waals surface area contributed by atoms with Crippen LogP contribution in [0.1, 0.15) is 79.3 Å². The highest BCUT2D eigenvalue weighted by Gasteiger charge is 2.26. The van der Waals surface area contributed by atoms with E-state index in [0.717, 1.165) is 26.1 Å². The van der Waals surface area contributed by atoms with Gasteiger partial charge in [0, 0.05) is 19.6 Å². The Morgan fingerprint density at radius 1 is 0.964 bits per heavy atom. The predicted octanol–water partition coefficient (Wildman–Crippen LogP) is 6.46. The minimum absolute atomic E-state index is 0.521. The zero-order valence-electron chi connectivity index (χ0n) is 18.8. The Labute approximate surface area is 172 Å². The van der Waals surface area contributed by atoms with Crippen LogP contribution in [0.2, 0.25) is 0 Å². The molecule has 0 aliphatic carbocycles. The summed E-state index contributed by atoms with van der Waals surface area (Å²) in [6.45, 7) is 17.1. The molecule has 1 heterocycles. The van der Waals surface area contributed by atoms with Gasteiger partial charge in [0.1, 0.15) is 0 Å². The number of benzene rings is 2. The third-order valence-electron chi connectivity index (χ3n) is 6.33. The number of nitrogens with one attached hydrogen (secondary N) is 1. The molecule has 2 aromatic rings. The van der Waals surface area contributed by atoms with Crippen molar-refractivity contribution < 1.29 is 0 Å². The Bertz CT molecular complexity index is 802. The Kier molecular flexibility index (Phi) is 6.95. The Morgan fingerprint density at radius 2 is 1.68 bits per heavy atom. The second-order valence-electron chi connectivity index (χ2n) is 8.80. The Hall–Kier alpha value is -1.64. The van der Waals surface area contributed by atoms with Crippen molar-refractivity contribution in [1.82, 2.24) is 10.4 Å². The first kappa shape index (κ1) is 21.1. The molecule has 1 aliphatic rings. The zero-order valence-corrected chi connectivity index (χ0v) is 18.8. The van der Waals surface area contributed by atoms with Crippen molar-refractivity contribution in [3.8, 4) is 11.1 Å². The number of hydrazine groups is 1. The summed E-state index contributed by atoms with van der Waals surface area (Å²) in [5.74, 6) is 0.521. The summed E-state index contributed by atoms with van der Waals surface area (Å²) in [4.78, 5) is 0. The summed E-state index contributed by atoms with van der Waals surface area (Å²) in [7, 11) is 0. The first-order chi connectivity index (χ1) is 13.4. The molecule has 0 fully saturated rings. The average Bonchev–Trinajstić information content (AvgIpc) is 2.68. The highest BCUT2D eigenvalue weighted by molar-refractivity contribution is 5.76. The van der Waals surface area contributed by atoms with E-state index in [1.54, 1.807) is 11.1 Å². The highest BCUT2D eigenvalue weighted by Crippen LogP contribution is 2.40. The van der Waals surface area contributed by atoms with Crippen LogP contribution in [0.4, 0.5) is 0 Å². The van der Waals surface area contributed by atoms with Crippen LogP contribution in [-0.2, 0) is 13.0 Å². The van der Waals surface area contributed by atoms with Crippen LogP contribution in [0.3, 0.4) is 0 Å². The summed E-state index contributed by atoms with van der Waals surface area (Å²) in [6, 6.07) is 9.10. The van der Waals surface area contributed by atoms with Gasteiger partial charge in [0.05, 0.1) is 0 Å². The summed E-state index contributed by atoms with van der Waals surface area (Å²) in [6.07, 6.45) is 5.00. The molecular weight excluding hydrogens is 340 g/mol. The summed E-state index contributed by atoms with van der Waals surface area (Å²) in [5, 5.41) is 2.44. The molecule has 0 bridgehead atoms. The molecule has 3 rings (SSSR count). The third-order valence-corrected chi connectivity index (χ3v) is 6.33. The van der Waals surface area contributed by atoms with Gasteiger partial charge in [-0.05, 0) is 78.5 Å². The van der Waals surface area contributed by atoms with Gasteiger partial charge in [-0.1, -0.05) is 63.4 Å². The topological polar surface area (TPSA) is 15.3 Å². The van der Waals surface area contributed by atoms with Crippen LogP contribution >= 0.6 is 0 Å². The lowest BCUT2D eigenvalue weighted by atomic mass is 9.79. The highest BCUT2D eigenvalue weighted by atomic mass is 15.5. The van der Waals surface area contributed by atoms with E-state index in [1.165, 1.54) is 52.6 Å². The molecule has 0 saturated heterocycles. The van der Waals surface area contributed by atoms with E-state index in [-0.39, 0.29) is 0 Å². The predicted molar refractivity (Wildman–Crippen MR) is 122 cm³/mol. The molecule has 0 saturated carbocycles. The molecule has 2 aromatic carbocycles. The summed E-state index contributed by atoms with van der Waals surface area (Å²) in [5.41, 5.74) is 15.5. The number of rotatable bonds is 7. The molecule has 28 heavy (non-hydrogen) atoms. The van der Waals surface area contributed by atoms with E-state index < -0.39 is 0 Å². The van der Waals surface area contributed by atoms with Gasteiger partial charge in [-0.25, -0.2) is 5.01 Å². The zero-order chi connectivity index (χ0) is 20.3. The fourth-order valence-corrected chi connectivity index (χ4v) is 4.79. The van der Waals surface area contributed by atoms with Crippen molar-refractivity contribution in [2.45, 2.75) is 79.7 Å². The van der Waals surface area contributed by atoms with E-state index in [0.29, 0.717) is 5.92 Å². The normalized spacial score (nSPS) is 14.5. The maximum Gasteiger partial charge on any atom is 0.0387 e. The van der Waals surface area contributed by atoms with Crippen molar-refractivity contribution in [2.24, 2.45) is 0 Å². The van der Waals surface area contributed by atoms with Crippen LogP contribution in [0.25, 0.3) is 11.1 Å². The van der Waals surface area contributed by atoms with Crippen LogP contribution in [-0.4, -0.2) is 18.1 Å². The minimum atomic E-state index is 0.521. The molecule has 152 valence electrons. The Morgan fingerprint density at radius 3 is 2.32 bits per heavy atom. The number of hydrogen-bond donors (Lipinski definition) is 1. The van der Waals surface area contributed by atoms with E-state index >= 15 is 0 Å². The fraction of sp³-hybridized carbons (Fsp3) is 0.538. The lowest BCUT2D eigenvalue weighted by Crippen LogP contribution is -2.42. The first-order valence-corrected chi connectivity index (χ1v) is 11.1. The smallest absolute Gasteiger partial charge is 0.0387 e. The maximum atomic E-state index is 3.68. The van der Waals surface area contributed by atoms with Crippen LogP contribution in [0.5, 0.6) is 0 Å². The minimum Gasteiger partial charge on any atom is -0.255 e. The molecule has 0 amide bonds. The van der Waals surface area contributed by atoms with E-state index in [9.17, 15) is 0 Å².